The van der Waals surface area contributed by atoms with E-state index in [0.717, 1.165) is 109 Å². The van der Waals surface area contributed by atoms with Crippen molar-refractivity contribution < 1.29 is 58.2 Å². The van der Waals surface area contributed by atoms with Gasteiger partial charge in [-0.1, -0.05) is 252 Å². The molecule has 1 saturated heterocycles. The van der Waals surface area contributed by atoms with Crippen LogP contribution in [-0.2, 0) is 42.9 Å². The summed E-state index contributed by atoms with van der Waals surface area (Å²) in [5.74, 6) is -3.24. The van der Waals surface area contributed by atoms with E-state index in [4.69, 9.17) is 23.7 Å². The number of carbonyl (C=O) groups is 4. The Balaban J connectivity index is 2.70. The second-order valence-electron chi connectivity index (χ2n) is 22.7. The van der Waals surface area contributed by atoms with Crippen molar-refractivity contribution in [1.29, 1.82) is 0 Å². The molecule has 1 heterocycles. The summed E-state index contributed by atoms with van der Waals surface area (Å²) in [4.78, 5) is 51.4. The Labute approximate surface area is 516 Å². The van der Waals surface area contributed by atoms with E-state index in [9.17, 15) is 34.5 Å². The van der Waals surface area contributed by atoms with E-state index in [2.05, 4.69) is 112 Å². The molecule has 3 N–H and O–H groups in total. The van der Waals surface area contributed by atoms with E-state index in [-0.39, 0.29) is 25.9 Å². The van der Waals surface area contributed by atoms with Crippen molar-refractivity contribution in [3.8, 4) is 0 Å². The van der Waals surface area contributed by atoms with Gasteiger partial charge < -0.3 is 39.0 Å². The van der Waals surface area contributed by atoms with Crippen LogP contribution < -0.4 is 0 Å². The number of carboxylic acid groups (broad SMARTS) is 1. The van der Waals surface area contributed by atoms with Crippen molar-refractivity contribution in [2.45, 2.75) is 314 Å². The number of esters is 3. The zero-order valence-electron chi connectivity index (χ0n) is 53.6. The van der Waals surface area contributed by atoms with Gasteiger partial charge in [-0.3, -0.25) is 14.4 Å². The monoisotopic (exact) mass is 1190 g/mol. The van der Waals surface area contributed by atoms with Gasteiger partial charge in [0.2, 0.25) is 0 Å². The minimum Gasteiger partial charge on any atom is -0.479 e. The van der Waals surface area contributed by atoms with Crippen LogP contribution in [0.2, 0.25) is 0 Å². The van der Waals surface area contributed by atoms with Crippen molar-refractivity contribution in [1.82, 2.24) is 0 Å². The molecule has 0 aromatic carbocycles. The van der Waals surface area contributed by atoms with E-state index in [1.54, 1.807) is 0 Å². The lowest BCUT2D eigenvalue weighted by Crippen LogP contribution is -2.61. The van der Waals surface area contributed by atoms with Gasteiger partial charge in [0.15, 0.2) is 24.6 Å². The van der Waals surface area contributed by atoms with Gasteiger partial charge >= 0.3 is 23.9 Å². The fraction of sp³-hybridized carbons (Fsp3) is 0.699. The number of carboxylic acids is 1. The van der Waals surface area contributed by atoms with Gasteiger partial charge in [0, 0.05) is 19.3 Å². The average molecular weight is 1190 g/mol. The van der Waals surface area contributed by atoms with Crippen LogP contribution in [0, 0.1) is 0 Å². The fourth-order valence-electron chi connectivity index (χ4n) is 9.65. The van der Waals surface area contributed by atoms with Gasteiger partial charge in [-0.25, -0.2) is 4.79 Å². The normalized spacial score (nSPS) is 18.2. The number of allylic oxidation sites excluding steroid dienone is 18. The predicted molar refractivity (Wildman–Crippen MR) is 349 cm³/mol. The molecule has 12 heteroatoms. The van der Waals surface area contributed by atoms with Gasteiger partial charge in [0.05, 0.1) is 6.61 Å². The summed E-state index contributed by atoms with van der Waals surface area (Å²) in [6, 6.07) is 0. The van der Waals surface area contributed by atoms with E-state index in [1.807, 2.05) is 18.2 Å². The van der Waals surface area contributed by atoms with Crippen LogP contribution in [0.3, 0.4) is 0 Å². The van der Waals surface area contributed by atoms with Crippen molar-refractivity contribution in [3.63, 3.8) is 0 Å². The number of unbranched alkanes of at least 4 members (excludes halogenated alkanes) is 25. The molecule has 0 aliphatic carbocycles. The molecule has 0 aromatic heterocycles. The Kier molecular flexibility index (Phi) is 55.1. The van der Waals surface area contributed by atoms with Gasteiger partial charge in [-0.2, -0.15) is 0 Å². The Bertz CT molecular complexity index is 1890. The lowest BCUT2D eigenvalue weighted by molar-refractivity contribution is -0.301. The zero-order valence-corrected chi connectivity index (χ0v) is 53.6. The first kappa shape index (κ1) is 78.4. The third-order valence-electron chi connectivity index (χ3n) is 14.8. The Morgan fingerprint density at radius 2 is 0.765 bits per heavy atom. The molecule has 0 aromatic rings. The number of aliphatic hydroxyl groups excluding tert-OH is 2. The first-order valence-electron chi connectivity index (χ1n) is 33.9. The quantitative estimate of drug-likeness (QED) is 0.0228. The minimum absolute atomic E-state index is 0.0698. The van der Waals surface area contributed by atoms with Gasteiger partial charge in [0.25, 0.3) is 0 Å². The lowest BCUT2D eigenvalue weighted by Gasteiger charge is -2.40. The summed E-state index contributed by atoms with van der Waals surface area (Å²) in [7, 11) is 0. The van der Waals surface area contributed by atoms with E-state index in [0.29, 0.717) is 25.7 Å². The Hall–Kier alpha value is -4.62. The van der Waals surface area contributed by atoms with Crippen molar-refractivity contribution in [3.05, 3.63) is 109 Å². The van der Waals surface area contributed by atoms with Crippen LogP contribution >= 0.6 is 0 Å². The number of ether oxygens (including phenoxy) is 5. The molecular weight excluding hydrogens is 1070 g/mol. The molecule has 0 bridgehead atoms. The smallest absolute Gasteiger partial charge is 0.335 e. The first-order valence-corrected chi connectivity index (χ1v) is 33.9. The molecule has 1 aliphatic rings. The molecule has 1 aliphatic heterocycles. The Morgan fingerprint density at radius 3 is 1.21 bits per heavy atom. The second kappa shape index (κ2) is 59.7. The van der Waals surface area contributed by atoms with Crippen LogP contribution in [0.25, 0.3) is 0 Å². The van der Waals surface area contributed by atoms with E-state index >= 15 is 0 Å². The topological polar surface area (TPSA) is 175 Å². The van der Waals surface area contributed by atoms with Crippen LogP contribution in [0.4, 0.5) is 0 Å². The number of rotatable bonds is 57. The molecule has 0 amide bonds. The van der Waals surface area contributed by atoms with Crippen LogP contribution in [-0.4, -0.2) is 89.2 Å². The minimum atomic E-state index is -1.94. The number of aliphatic hydroxyl groups is 2. The summed E-state index contributed by atoms with van der Waals surface area (Å²) in [6.07, 6.45) is 69.1. The molecule has 6 atom stereocenters. The molecule has 0 saturated carbocycles. The Morgan fingerprint density at radius 1 is 0.400 bits per heavy atom. The highest BCUT2D eigenvalue weighted by Crippen LogP contribution is 2.26. The summed E-state index contributed by atoms with van der Waals surface area (Å²) >= 11 is 0. The molecule has 85 heavy (non-hydrogen) atoms. The SMILES string of the molecule is CC/C=C\C/C=C\C/C=C\C/C=C\C/C=C\C/C=C\CCC(=O)OC1C(OCC(COC(=O)CCCCCCCCCCC/C=C\CCCCCCCC)OC(=O)CCCCCCCCC/C=C\C/C=C\CCCCC)OC(C(=O)O)C(O)C1O. The van der Waals surface area contributed by atoms with Crippen LogP contribution in [0.15, 0.2) is 109 Å². The molecule has 12 nitrogen and oxygen atoms in total. The molecule has 484 valence electrons. The van der Waals surface area contributed by atoms with Gasteiger partial charge in [0.1, 0.15) is 18.8 Å². The van der Waals surface area contributed by atoms with Gasteiger partial charge in [-0.15, -0.1) is 0 Å². The molecule has 6 unspecified atom stereocenters. The number of aliphatic carboxylic acids is 1. The van der Waals surface area contributed by atoms with Crippen molar-refractivity contribution >= 4 is 23.9 Å². The predicted octanol–water partition coefficient (Wildman–Crippen LogP) is 18.6. The van der Waals surface area contributed by atoms with Gasteiger partial charge in [-0.05, 0) is 116 Å². The third kappa shape index (κ3) is 49.1. The largest absolute Gasteiger partial charge is 0.479 e. The average Bonchev–Trinajstić information content (AvgIpc) is 2.79. The summed E-state index contributed by atoms with van der Waals surface area (Å²) in [5.41, 5.74) is 0. The van der Waals surface area contributed by atoms with Crippen LogP contribution in [0.5, 0.6) is 0 Å². The molecule has 1 fully saturated rings. The number of carbonyl (C=O) groups excluding carboxylic acids is 3. The number of hydrogen-bond donors (Lipinski definition) is 3. The summed E-state index contributed by atoms with van der Waals surface area (Å²) < 4.78 is 28.5. The standard InChI is InChI=1S/C73H120O12/c1-4-7-10-13-16-19-22-25-28-31-33-36-38-41-44-47-50-53-56-59-65(74)81-62-64(83-66(75)60-57-54-51-48-45-42-39-35-30-27-24-21-18-15-12-9-6-3)63-82-73-71(69(78)68(77)70(85-73)72(79)80)84-67(76)61-58-55-52-49-46-43-40-37-34-32-29-26-23-20-17-14-11-8-5-2/h8,11,17-18,20-21,25-30,34,37,43,46,52,55,64,68-71,73,77-78H,4-7,9-10,12-16,19,22-24,31-33,35-36,38-42,44-45,47-51,53-54,56-63H2,1-3H3,(H,79,80)/b11-8-,20-17-,21-18-,28-25-,29-26-,30-27-,37-34-,46-43-,55-52-. The fourth-order valence-corrected chi connectivity index (χ4v) is 9.65. The lowest BCUT2D eigenvalue weighted by atomic mass is 9.98. The summed E-state index contributed by atoms with van der Waals surface area (Å²) in [5, 5.41) is 31.6. The molecule has 0 radical (unpaired) electrons. The van der Waals surface area contributed by atoms with Crippen molar-refractivity contribution in [2.75, 3.05) is 13.2 Å². The first-order chi connectivity index (χ1) is 41.6. The molecule has 1 rings (SSSR count). The second-order valence-corrected chi connectivity index (χ2v) is 22.7. The maximum absolute atomic E-state index is 13.2. The maximum Gasteiger partial charge on any atom is 0.335 e. The number of hydrogen-bond acceptors (Lipinski definition) is 11. The highest BCUT2D eigenvalue weighted by Gasteiger charge is 2.50. The van der Waals surface area contributed by atoms with Crippen LogP contribution in [0.1, 0.15) is 278 Å². The van der Waals surface area contributed by atoms with E-state index in [1.165, 1.54) is 103 Å². The highest BCUT2D eigenvalue weighted by molar-refractivity contribution is 5.74. The van der Waals surface area contributed by atoms with E-state index < -0.39 is 67.3 Å². The molecule has 0 spiro atoms. The maximum atomic E-state index is 13.2. The zero-order chi connectivity index (χ0) is 61.7. The third-order valence-corrected chi connectivity index (χ3v) is 14.8. The highest BCUT2D eigenvalue weighted by atomic mass is 16.7. The molecular formula is C73H120O12. The van der Waals surface area contributed by atoms with Crippen molar-refractivity contribution in [2.24, 2.45) is 0 Å². The summed E-state index contributed by atoms with van der Waals surface area (Å²) in [6.45, 7) is 5.84.